The van der Waals surface area contributed by atoms with Crippen LogP contribution >= 0.6 is 0 Å². The average molecular weight is 268 g/mol. The van der Waals surface area contributed by atoms with E-state index in [1.165, 1.54) is 22.4 Å². The third-order valence-corrected chi connectivity index (χ3v) is 3.89. The minimum absolute atomic E-state index is 0.0997. The van der Waals surface area contributed by atoms with Crippen molar-refractivity contribution < 1.29 is 0 Å². The summed E-state index contributed by atoms with van der Waals surface area (Å²) in [7, 11) is 2.13. The summed E-state index contributed by atoms with van der Waals surface area (Å²) in [4.78, 5) is 2.29. The molecule has 0 aromatic heterocycles. The van der Waals surface area contributed by atoms with E-state index in [1.54, 1.807) is 0 Å². The molecule has 1 unspecified atom stereocenters. The van der Waals surface area contributed by atoms with Crippen molar-refractivity contribution in [1.82, 2.24) is 0 Å². The molecule has 0 saturated heterocycles. The number of aryl methyl sites for hydroxylation is 2. The molecular formula is C18H24N2. The zero-order chi connectivity index (χ0) is 14.5. The monoisotopic (exact) mass is 268 g/mol. The fourth-order valence-corrected chi connectivity index (χ4v) is 2.60. The van der Waals surface area contributed by atoms with Gasteiger partial charge in [-0.3, -0.25) is 0 Å². The van der Waals surface area contributed by atoms with Crippen LogP contribution in [0.4, 0.5) is 5.69 Å². The second-order valence-corrected chi connectivity index (χ2v) is 5.46. The number of hydrogen-bond donors (Lipinski definition) is 1. The van der Waals surface area contributed by atoms with Crippen LogP contribution in [0.5, 0.6) is 0 Å². The van der Waals surface area contributed by atoms with Crippen molar-refractivity contribution in [2.75, 3.05) is 18.5 Å². The first kappa shape index (κ1) is 14.6. The number of nitrogens with two attached hydrogens (primary N) is 1. The van der Waals surface area contributed by atoms with Gasteiger partial charge in [0, 0.05) is 25.3 Å². The van der Waals surface area contributed by atoms with E-state index in [4.69, 9.17) is 5.73 Å². The standard InChI is InChI=1S/C18H24N2/c1-14-8-4-6-10-16(14)17(19)12-13-20(3)18-11-7-5-9-15(18)2/h4-11,17H,12-13,19H2,1-3H3. The Morgan fingerprint density at radius 3 is 2.20 bits per heavy atom. The lowest BCUT2D eigenvalue weighted by Crippen LogP contribution is -2.24. The van der Waals surface area contributed by atoms with E-state index < -0.39 is 0 Å². The highest BCUT2D eigenvalue weighted by Crippen LogP contribution is 2.21. The molecular weight excluding hydrogens is 244 g/mol. The van der Waals surface area contributed by atoms with Gasteiger partial charge in [-0.2, -0.15) is 0 Å². The van der Waals surface area contributed by atoms with Crippen molar-refractivity contribution in [3.8, 4) is 0 Å². The summed E-state index contributed by atoms with van der Waals surface area (Å²) in [6.07, 6.45) is 0.954. The van der Waals surface area contributed by atoms with Gasteiger partial charge in [0.1, 0.15) is 0 Å². The zero-order valence-electron chi connectivity index (χ0n) is 12.6. The molecule has 2 heteroatoms. The molecule has 20 heavy (non-hydrogen) atoms. The van der Waals surface area contributed by atoms with E-state index in [2.05, 4.69) is 74.3 Å². The van der Waals surface area contributed by atoms with Crippen molar-refractivity contribution in [3.63, 3.8) is 0 Å². The van der Waals surface area contributed by atoms with Gasteiger partial charge in [0.15, 0.2) is 0 Å². The van der Waals surface area contributed by atoms with E-state index in [0.717, 1.165) is 13.0 Å². The second kappa shape index (κ2) is 6.58. The minimum Gasteiger partial charge on any atom is -0.374 e. The lowest BCUT2D eigenvalue weighted by atomic mass is 9.99. The van der Waals surface area contributed by atoms with Crippen molar-refractivity contribution in [3.05, 3.63) is 65.2 Å². The van der Waals surface area contributed by atoms with Crippen LogP contribution in [0, 0.1) is 13.8 Å². The summed E-state index contributed by atoms with van der Waals surface area (Å²) in [5.41, 5.74) is 11.5. The maximum atomic E-state index is 6.33. The first-order valence-electron chi connectivity index (χ1n) is 7.17. The largest absolute Gasteiger partial charge is 0.374 e. The Balaban J connectivity index is 1.99. The molecule has 1 atom stereocenters. The highest BCUT2D eigenvalue weighted by Gasteiger charge is 2.10. The lowest BCUT2D eigenvalue weighted by molar-refractivity contribution is 0.642. The fourth-order valence-electron chi connectivity index (χ4n) is 2.60. The smallest absolute Gasteiger partial charge is 0.0393 e. The van der Waals surface area contributed by atoms with Gasteiger partial charge in [-0.05, 0) is 43.0 Å². The van der Waals surface area contributed by atoms with Crippen LogP contribution in [0.15, 0.2) is 48.5 Å². The lowest BCUT2D eigenvalue weighted by Gasteiger charge is -2.23. The van der Waals surface area contributed by atoms with Gasteiger partial charge >= 0.3 is 0 Å². The van der Waals surface area contributed by atoms with Crippen molar-refractivity contribution in [2.24, 2.45) is 5.73 Å². The quantitative estimate of drug-likeness (QED) is 0.893. The van der Waals surface area contributed by atoms with Crippen LogP contribution in [0.2, 0.25) is 0 Å². The number of para-hydroxylation sites is 1. The average Bonchev–Trinajstić information content (AvgIpc) is 2.45. The molecule has 2 rings (SSSR count). The van der Waals surface area contributed by atoms with Crippen LogP contribution in [-0.4, -0.2) is 13.6 Å². The summed E-state index contributed by atoms with van der Waals surface area (Å²) >= 11 is 0. The highest BCUT2D eigenvalue weighted by atomic mass is 15.1. The minimum atomic E-state index is 0.0997. The van der Waals surface area contributed by atoms with Crippen LogP contribution in [0.3, 0.4) is 0 Å². The molecule has 0 heterocycles. The Hall–Kier alpha value is -1.80. The summed E-state index contributed by atoms with van der Waals surface area (Å²) in [5, 5.41) is 0. The fraction of sp³-hybridized carbons (Fsp3) is 0.333. The molecule has 0 aliphatic rings. The van der Waals surface area contributed by atoms with Crippen molar-refractivity contribution in [2.45, 2.75) is 26.3 Å². The Labute approximate surface area is 122 Å². The molecule has 2 aromatic carbocycles. The van der Waals surface area contributed by atoms with Crippen LogP contribution in [0.25, 0.3) is 0 Å². The normalized spacial score (nSPS) is 12.2. The van der Waals surface area contributed by atoms with Gasteiger partial charge in [0.2, 0.25) is 0 Å². The van der Waals surface area contributed by atoms with E-state index >= 15 is 0 Å². The summed E-state index contributed by atoms with van der Waals surface area (Å²) < 4.78 is 0. The molecule has 0 amide bonds. The van der Waals surface area contributed by atoms with Gasteiger partial charge in [-0.25, -0.2) is 0 Å². The Morgan fingerprint density at radius 2 is 1.55 bits per heavy atom. The van der Waals surface area contributed by atoms with E-state index in [1.807, 2.05) is 0 Å². The predicted octanol–water partition coefficient (Wildman–Crippen LogP) is 3.83. The zero-order valence-corrected chi connectivity index (χ0v) is 12.6. The van der Waals surface area contributed by atoms with E-state index in [9.17, 15) is 0 Å². The Morgan fingerprint density at radius 1 is 0.950 bits per heavy atom. The van der Waals surface area contributed by atoms with Crippen LogP contribution in [0.1, 0.15) is 29.2 Å². The molecule has 0 aliphatic heterocycles. The predicted molar refractivity (Wildman–Crippen MR) is 87.2 cm³/mol. The van der Waals surface area contributed by atoms with Gasteiger partial charge in [0.25, 0.3) is 0 Å². The summed E-state index contributed by atoms with van der Waals surface area (Å²) in [6, 6.07) is 16.9. The number of rotatable bonds is 5. The van der Waals surface area contributed by atoms with Crippen LogP contribution < -0.4 is 10.6 Å². The van der Waals surface area contributed by atoms with Crippen molar-refractivity contribution >= 4 is 5.69 Å². The third-order valence-electron chi connectivity index (χ3n) is 3.89. The maximum Gasteiger partial charge on any atom is 0.0393 e. The molecule has 0 fully saturated rings. The van der Waals surface area contributed by atoms with Gasteiger partial charge in [-0.1, -0.05) is 42.5 Å². The van der Waals surface area contributed by atoms with E-state index in [-0.39, 0.29) is 6.04 Å². The molecule has 0 aliphatic carbocycles. The third kappa shape index (κ3) is 3.40. The molecule has 0 bridgehead atoms. The maximum absolute atomic E-state index is 6.33. The first-order valence-corrected chi connectivity index (χ1v) is 7.17. The summed E-state index contributed by atoms with van der Waals surface area (Å²) in [6.45, 7) is 5.23. The Kier molecular flexibility index (Phi) is 4.80. The number of benzene rings is 2. The second-order valence-electron chi connectivity index (χ2n) is 5.46. The first-order chi connectivity index (χ1) is 9.59. The van der Waals surface area contributed by atoms with Crippen LogP contribution in [-0.2, 0) is 0 Å². The molecule has 0 saturated carbocycles. The molecule has 0 radical (unpaired) electrons. The topological polar surface area (TPSA) is 29.3 Å². The number of nitrogens with zero attached hydrogens (tertiary/aromatic N) is 1. The van der Waals surface area contributed by atoms with Gasteiger partial charge in [0.05, 0.1) is 0 Å². The molecule has 0 spiro atoms. The SMILES string of the molecule is Cc1ccccc1C(N)CCN(C)c1ccccc1C. The number of hydrogen-bond acceptors (Lipinski definition) is 2. The highest BCUT2D eigenvalue weighted by molar-refractivity contribution is 5.52. The molecule has 2 N–H and O–H groups in total. The summed E-state index contributed by atoms with van der Waals surface area (Å²) in [5.74, 6) is 0. The Bertz CT molecular complexity index is 511. The molecule has 106 valence electrons. The molecule has 2 nitrogen and oxygen atoms in total. The van der Waals surface area contributed by atoms with E-state index in [0.29, 0.717) is 0 Å². The number of anilines is 1. The van der Waals surface area contributed by atoms with Gasteiger partial charge in [-0.15, -0.1) is 0 Å². The molecule has 2 aromatic rings. The van der Waals surface area contributed by atoms with Crippen molar-refractivity contribution in [1.29, 1.82) is 0 Å². The van der Waals surface area contributed by atoms with Gasteiger partial charge < -0.3 is 10.6 Å².